The normalized spacial score (nSPS) is 21.8. The highest BCUT2D eigenvalue weighted by molar-refractivity contribution is 5.89. The van der Waals surface area contributed by atoms with Crippen LogP contribution in [0.1, 0.15) is 30.5 Å². The van der Waals surface area contributed by atoms with E-state index in [9.17, 15) is 14.7 Å². The first-order valence-electron chi connectivity index (χ1n) is 9.64. The van der Waals surface area contributed by atoms with E-state index in [-0.39, 0.29) is 24.2 Å². The Morgan fingerprint density at radius 1 is 1.18 bits per heavy atom. The number of carbonyl (C=O) groups is 2. The molecular weight excluding hydrogens is 356 g/mol. The third-order valence-corrected chi connectivity index (χ3v) is 5.74. The summed E-state index contributed by atoms with van der Waals surface area (Å²) >= 11 is 0. The number of likely N-dealkylation sites (tertiary alicyclic amines) is 2. The summed E-state index contributed by atoms with van der Waals surface area (Å²) in [4.78, 5) is 37.1. The number of nitrogens with zero attached hydrogens (tertiary/aromatic N) is 4. The van der Waals surface area contributed by atoms with Crippen molar-refractivity contribution in [3.63, 3.8) is 0 Å². The van der Waals surface area contributed by atoms with Crippen molar-refractivity contribution in [2.45, 2.75) is 31.4 Å². The highest BCUT2D eigenvalue weighted by Crippen LogP contribution is 2.33. The molecule has 2 saturated heterocycles. The SMILES string of the molecule is O=C1CC(C(=O)N2CCC(O)(c3cccnc3)CC2)CN1Cc1ccccn1. The molecule has 7 heteroatoms. The molecule has 1 unspecified atom stereocenters. The standard InChI is InChI=1S/C21H24N4O3/c26-19-12-16(14-25(19)15-18-5-1-2-9-23-18)20(27)24-10-6-21(28,7-11-24)17-4-3-8-22-13-17/h1-5,8-9,13,16,28H,6-7,10-12,14-15H2. The van der Waals surface area contributed by atoms with Crippen LogP contribution < -0.4 is 0 Å². The number of aliphatic hydroxyl groups is 1. The molecule has 0 aromatic carbocycles. The number of hydrogen-bond acceptors (Lipinski definition) is 5. The molecule has 1 atom stereocenters. The topological polar surface area (TPSA) is 86.6 Å². The van der Waals surface area contributed by atoms with Gasteiger partial charge in [0.1, 0.15) is 0 Å². The van der Waals surface area contributed by atoms with E-state index in [0.717, 1.165) is 11.3 Å². The molecule has 28 heavy (non-hydrogen) atoms. The molecule has 4 heterocycles. The lowest BCUT2D eigenvalue weighted by Gasteiger charge is -2.39. The maximum Gasteiger partial charge on any atom is 0.227 e. The lowest BCUT2D eigenvalue weighted by atomic mass is 9.85. The van der Waals surface area contributed by atoms with Crippen molar-refractivity contribution in [2.75, 3.05) is 19.6 Å². The summed E-state index contributed by atoms with van der Waals surface area (Å²) in [6, 6.07) is 9.29. The molecule has 2 aliphatic heterocycles. The zero-order valence-corrected chi connectivity index (χ0v) is 15.7. The number of hydrogen-bond donors (Lipinski definition) is 1. The molecule has 0 radical (unpaired) electrons. The number of rotatable bonds is 4. The van der Waals surface area contributed by atoms with Crippen molar-refractivity contribution >= 4 is 11.8 Å². The van der Waals surface area contributed by atoms with Crippen LogP contribution in [0.15, 0.2) is 48.9 Å². The Morgan fingerprint density at radius 2 is 2.00 bits per heavy atom. The second-order valence-corrected chi connectivity index (χ2v) is 7.59. The molecule has 2 aliphatic rings. The second-order valence-electron chi connectivity index (χ2n) is 7.59. The largest absolute Gasteiger partial charge is 0.385 e. The van der Waals surface area contributed by atoms with Gasteiger partial charge >= 0.3 is 0 Å². The molecule has 1 N–H and O–H groups in total. The van der Waals surface area contributed by atoms with Crippen LogP contribution in [0.25, 0.3) is 0 Å². The molecule has 0 spiro atoms. The molecule has 4 rings (SSSR count). The molecule has 2 aromatic rings. The highest BCUT2D eigenvalue weighted by atomic mass is 16.3. The Balaban J connectivity index is 1.35. The molecule has 0 aliphatic carbocycles. The number of aromatic nitrogens is 2. The van der Waals surface area contributed by atoms with Gasteiger partial charge in [-0.25, -0.2) is 0 Å². The highest BCUT2D eigenvalue weighted by Gasteiger charge is 2.40. The summed E-state index contributed by atoms with van der Waals surface area (Å²) in [6.07, 6.45) is 6.26. The Hall–Kier alpha value is -2.80. The van der Waals surface area contributed by atoms with Gasteiger partial charge in [0, 0.05) is 50.2 Å². The fourth-order valence-electron chi connectivity index (χ4n) is 4.06. The van der Waals surface area contributed by atoms with Gasteiger partial charge in [-0.1, -0.05) is 12.1 Å². The average Bonchev–Trinajstić information content (AvgIpc) is 3.10. The summed E-state index contributed by atoms with van der Waals surface area (Å²) < 4.78 is 0. The summed E-state index contributed by atoms with van der Waals surface area (Å²) in [7, 11) is 0. The van der Waals surface area contributed by atoms with Crippen molar-refractivity contribution in [3.05, 3.63) is 60.2 Å². The predicted molar refractivity (Wildman–Crippen MR) is 102 cm³/mol. The van der Waals surface area contributed by atoms with Gasteiger partial charge in [0.2, 0.25) is 11.8 Å². The fourth-order valence-corrected chi connectivity index (χ4v) is 4.06. The van der Waals surface area contributed by atoms with Crippen molar-refractivity contribution < 1.29 is 14.7 Å². The molecule has 0 saturated carbocycles. The lowest BCUT2D eigenvalue weighted by molar-refractivity contribution is -0.140. The van der Waals surface area contributed by atoms with Crippen LogP contribution in [0.2, 0.25) is 0 Å². The minimum Gasteiger partial charge on any atom is -0.385 e. The van der Waals surface area contributed by atoms with Crippen LogP contribution >= 0.6 is 0 Å². The third kappa shape index (κ3) is 3.75. The zero-order chi connectivity index (χ0) is 19.6. The molecule has 2 amide bonds. The third-order valence-electron chi connectivity index (χ3n) is 5.74. The molecule has 2 aromatic heterocycles. The van der Waals surface area contributed by atoms with Gasteiger partial charge < -0.3 is 14.9 Å². The van der Waals surface area contributed by atoms with Crippen LogP contribution in [0.3, 0.4) is 0 Å². The summed E-state index contributed by atoms with van der Waals surface area (Å²) in [6.45, 7) is 1.83. The minimum absolute atomic E-state index is 0.00473. The van der Waals surface area contributed by atoms with Crippen LogP contribution in [0.5, 0.6) is 0 Å². The average molecular weight is 380 g/mol. The number of amides is 2. The van der Waals surface area contributed by atoms with E-state index >= 15 is 0 Å². The van der Waals surface area contributed by atoms with Gasteiger partial charge in [-0.15, -0.1) is 0 Å². The molecule has 7 nitrogen and oxygen atoms in total. The quantitative estimate of drug-likeness (QED) is 0.865. The van der Waals surface area contributed by atoms with E-state index in [1.54, 1.807) is 28.4 Å². The van der Waals surface area contributed by atoms with Crippen molar-refractivity contribution in [1.82, 2.24) is 19.8 Å². The Kier molecular flexibility index (Phi) is 5.09. The van der Waals surface area contributed by atoms with Gasteiger partial charge in [0.15, 0.2) is 0 Å². The van der Waals surface area contributed by atoms with Gasteiger partial charge in [-0.05, 0) is 31.0 Å². The van der Waals surface area contributed by atoms with E-state index < -0.39 is 5.60 Å². The van der Waals surface area contributed by atoms with Crippen molar-refractivity contribution in [1.29, 1.82) is 0 Å². The Labute approximate surface area is 164 Å². The van der Waals surface area contributed by atoms with E-state index in [4.69, 9.17) is 0 Å². The maximum absolute atomic E-state index is 12.9. The van der Waals surface area contributed by atoms with Crippen LogP contribution in [0, 0.1) is 5.92 Å². The predicted octanol–water partition coefficient (Wildman–Crippen LogP) is 1.34. The summed E-state index contributed by atoms with van der Waals surface area (Å²) in [5.41, 5.74) is 0.671. The summed E-state index contributed by atoms with van der Waals surface area (Å²) in [5.74, 6) is -0.321. The Bertz CT molecular complexity index is 835. The van der Waals surface area contributed by atoms with Gasteiger partial charge in [-0.3, -0.25) is 19.6 Å². The monoisotopic (exact) mass is 380 g/mol. The second kappa shape index (κ2) is 7.67. The van der Waals surface area contributed by atoms with Gasteiger partial charge in [0.05, 0.1) is 23.8 Å². The maximum atomic E-state index is 12.9. The van der Waals surface area contributed by atoms with Crippen LogP contribution in [-0.2, 0) is 21.7 Å². The van der Waals surface area contributed by atoms with E-state index in [1.165, 1.54) is 0 Å². The minimum atomic E-state index is -0.943. The number of carbonyl (C=O) groups excluding carboxylic acids is 2. The zero-order valence-electron chi connectivity index (χ0n) is 15.7. The van der Waals surface area contributed by atoms with Crippen LogP contribution in [0.4, 0.5) is 0 Å². The molecule has 2 fully saturated rings. The van der Waals surface area contributed by atoms with E-state index in [1.807, 2.05) is 30.3 Å². The van der Waals surface area contributed by atoms with Gasteiger partial charge in [-0.2, -0.15) is 0 Å². The Morgan fingerprint density at radius 3 is 2.68 bits per heavy atom. The van der Waals surface area contributed by atoms with Crippen molar-refractivity contribution in [3.8, 4) is 0 Å². The molecule has 146 valence electrons. The van der Waals surface area contributed by atoms with E-state index in [0.29, 0.717) is 39.0 Å². The first-order valence-corrected chi connectivity index (χ1v) is 9.64. The van der Waals surface area contributed by atoms with Crippen molar-refractivity contribution in [2.24, 2.45) is 5.92 Å². The molecule has 0 bridgehead atoms. The molecular formula is C21H24N4O3. The lowest BCUT2D eigenvalue weighted by Crippen LogP contribution is -2.47. The first kappa shape index (κ1) is 18.6. The smallest absolute Gasteiger partial charge is 0.227 e. The number of pyridine rings is 2. The number of piperidine rings is 1. The van der Waals surface area contributed by atoms with Crippen LogP contribution in [-0.4, -0.2) is 56.3 Å². The first-order chi connectivity index (χ1) is 13.5. The summed E-state index contributed by atoms with van der Waals surface area (Å²) in [5, 5.41) is 10.9. The fraction of sp³-hybridized carbons (Fsp3) is 0.429. The van der Waals surface area contributed by atoms with E-state index in [2.05, 4.69) is 9.97 Å². The van der Waals surface area contributed by atoms with Gasteiger partial charge in [0.25, 0.3) is 0 Å².